The lowest BCUT2D eigenvalue weighted by Gasteiger charge is -2.50. The SMILES string of the molecule is CC[Si](CC)(CC)O[C@H]1CCC[C@]2(C)[C@@H]([C@@H](C)C(C)(C)C=O)CC[C@@H]12. The van der Waals surface area contributed by atoms with E-state index in [-0.39, 0.29) is 5.41 Å². The first-order chi connectivity index (χ1) is 11.7. The minimum Gasteiger partial charge on any atom is -0.414 e. The van der Waals surface area contributed by atoms with Crippen molar-refractivity contribution < 1.29 is 9.22 Å². The fourth-order valence-corrected chi connectivity index (χ4v) is 8.99. The predicted octanol–water partition coefficient (Wildman–Crippen LogP) is 6.45. The van der Waals surface area contributed by atoms with Crippen LogP contribution in [0.15, 0.2) is 0 Å². The van der Waals surface area contributed by atoms with Gasteiger partial charge in [0.25, 0.3) is 0 Å². The van der Waals surface area contributed by atoms with Gasteiger partial charge in [0.1, 0.15) is 6.29 Å². The fourth-order valence-electron chi connectivity index (χ4n) is 6.07. The lowest BCUT2D eigenvalue weighted by molar-refractivity contribution is -0.119. The molecule has 2 nitrogen and oxygen atoms in total. The molecule has 25 heavy (non-hydrogen) atoms. The summed E-state index contributed by atoms with van der Waals surface area (Å²) in [5, 5.41) is 0. The van der Waals surface area contributed by atoms with Crippen LogP contribution >= 0.6 is 0 Å². The van der Waals surface area contributed by atoms with Crippen molar-refractivity contribution in [3.63, 3.8) is 0 Å². The smallest absolute Gasteiger partial charge is 0.192 e. The molecule has 0 radical (unpaired) electrons. The van der Waals surface area contributed by atoms with Crippen molar-refractivity contribution in [1.82, 2.24) is 0 Å². The van der Waals surface area contributed by atoms with Gasteiger partial charge in [0.05, 0.1) is 0 Å². The van der Waals surface area contributed by atoms with E-state index in [0.29, 0.717) is 29.3 Å². The highest BCUT2D eigenvalue weighted by Gasteiger charge is 2.55. The van der Waals surface area contributed by atoms with E-state index in [9.17, 15) is 4.79 Å². The molecule has 0 heterocycles. The molecule has 2 rings (SSSR count). The van der Waals surface area contributed by atoms with Crippen LogP contribution in [0.1, 0.15) is 80.6 Å². The van der Waals surface area contributed by atoms with E-state index in [2.05, 4.69) is 48.5 Å². The molecule has 0 spiro atoms. The Hall–Kier alpha value is -0.153. The summed E-state index contributed by atoms with van der Waals surface area (Å²) in [6, 6.07) is 3.74. The second-order valence-electron chi connectivity index (χ2n) is 9.82. The molecule has 0 aromatic carbocycles. The average Bonchev–Trinajstić information content (AvgIpc) is 2.96. The third-order valence-electron chi connectivity index (χ3n) is 8.55. The highest BCUT2D eigenvalue weighted by atomic mass is 28.4. The van der Waals surface area contributed by atoms with E-state index in [1.165, 1.54) is 56.5 Å². The van der Waals surface area contributed by atoms with Gasteiger partial charge in [-0.2, -0.15) is 0 Å². The maximum absolute atomic E-state index is 11.6. The summed E-state index contributed by atoms with van der Waals surface area (Å²) < 4.78 is 7.02. The maximum Gasteiger partial charge on any atom is 0.192 e. The van der Waals surface area contributed by atoms with Gasteiger partial charge in [-0.15, -0.1) is 0 Å². The zero-order valence-corrected chi connectivity index (χ0v) is 18.9. The molecular weight excluding hydrogens is 324 g/mol. The van der Waals surface area contributed by atoms with E-state index < -0.39 is 8.32 Å². The molecule has 0 aliphatic heterocycles. The molecular formula is C22H42O2Si. The van der Waals surface area contributed by atoms with Gasteiger partial charge >= 0.3 is 0 Å². The number of fused-ring (bicyclic) bond motifs is 1. The van der Waals surface area contributed by atoms with Crippen LogP contribution in [0.4, 0.5) is 0 Å². The number of hydrogen-bond donors (Lipinski definition) is 0. The summed E-state index contributed by atoms with van der Waals surface area (Å²) in [5.41, 5.74) is 0.142. The zero-order valence-electron chi connectivity index (χ0n) is 17.9. The standard InChI is InChI=1S/C22H42O2Si/c1-8-25(9-2,10-3)24-20-12-11-15-22(7)18(13-14-19(20)22)17(4)21(5,6)16-23/h16-20H,8-15H2,1-7H3/t17-,18-,19+,20+,22-/m1/s1. The first-order valence-corrected chi connectivity index (χ1v) is 13.4. The number of carbonyl (C=O) groups is 1. The number of rotatable bonds is 8. The van der Waals surface area contributed by atoms with Crippen molar-refractivity contribution in [3.8, 4) is 0 Å². The molecule has 0 aromatic heterocycles. The molecule has 0 amide bonds. The highest BCUT2D eigenvalue weighted by molar-refractivity contribution is 6.73. The van der Waals surface area contributed by atoms with Gasteiger partial charge in [-0.05, 0) is 67.0 Å². The molecule has 146 valence electrons. The van der Waals surface area contributed by atoms with Crippen LogP contribution in [-0.2, 0) is 9.22 Å². The third-order valence-corrected chi connectivity index (χ3v) is 13.2. The van der Waals surface area contributed by atoms with E-state index in [4.69, 9.17) is 4.43 Å². The Morgan fingerprint density at radius 2 is 1.76 bits per heavy atom. The van der Waals surface area contributed by atoms with Crippen molar-refractivity contribution in [3.05, 3.63) is 0 Å². The summed E-state index contributed by atoms with van der Waals surface area (Å²) in [4.78, 5) is 11.6. The second-order valence-corrected chi connectivity index (χ2v) is 14.5. The van der Waals surface area contributed by atoms with Gasteiger partial charge in [0.15, 0.2) is 8.32 Å². The Morgan fingerprint density at radius 3 is 2.28 bits per heavy atom. The molecule has 0 aromatic rings. The lowest BCUT2D eigenvalue weighted by atomic mass is 9.58. The normalized spacial score (nSPS) is 34.6. The van der Waals surface area contributed by atoms with Gasteiger partial charge in [0.2, 0.25) is 0 Å². The predicted molar refractivity (Wildman–Crippen MR) is 109 cm³/mol. The van der Waals surface area contributed by atoms with Crippen LogP contribution < -0.4 is 0 Å². The minimum absolute atomic E-state index is 0.217. The number of hydrogen-bond acceptors (Lipinski definition) is 2. The average molecular weight is 367 g/mol. The van der Waals surface area contributed by atoms with Crippen molar-refractivity contribution in [2.75, 3.05) is 0 Å². The fraction of sp³-hybridized carbons (Fsp3) is 0.955. The molecule has 0 N–H and O–H groups in total. The minimum atomic E-state index is -1.55. The zero-order chi connectivity index (χ0) is 18.9. The molecule has 2 aliphatic rings. The van der Waals surface area contributed by atoms with Gasteiger partial charge in [0, 0.05) is 11.5 Å². The van der Waals surface area contributed by atoms with Crippen molar-refractivity contribution >= 4 is 14.6 Å². The second kappa shape index (κ2) is 7.84. The number of carbonyl (C=O) groups excluding carboxylic acids is 1. The summed E-state index contributed by atoms with van der Waals surface area (Å²) in [7, 11) is -1.55. The Bertz CT molecular complexity index is 449. The van der Waals surface area contributed by atoms with Gasteiger partial charge in [-0.25, -0.2) is 0 Å². The molecule has 0 bridgehead atoms. The van der Waals surface area contributed by atoms with E-state index in [0.717, 1.165) is 0 Å². The third kappa shape index (κ3) is 3.78. The molecule has 5 atom stereocenters. The van der Waals surface area contributed by atoms with Crippen LogP contribution in [-0.4, -0.2) is 20.7 Å². The first kappa shape index (κ1) is 21.2. The molecule has 0 unspecified atom stereocenters. The quantitative estimate of drug-likeness (QED) is 0.364. The van der Waals surface area contributed by atoms with Gasteiger partial charge in [-0.1, -0.05) is 54.9 Å². The molecule has 2 fully saturated rings. The van der Waals surface area contributed by atoms with Crippen LogP contribution in [0.3, 0.4) is 0 Å². The molecule has 0 saturated heterocycles. The first-order valence-electron chi connectivity index (χ1n) is 10.8. The summed E-state index contributed by atoms with van der Waals surface area (Å²) in [5.74, 6) is 1.81. The topological polar surface area (TPSA) is 26.3 Å². The Balaban J connectivity index is 2.22. The molecule has 2 aliphatic carbocycles. The van der Waals surface area contributed by atoms with E-state index in [1.54, 1.807) is 0 Å². The summed E-state index contributed by atoms with van der Waals surface area (Å²) >= 11 is 0. The molecule has 3 heteroatoms. The van der Waals surface area contributed by atoms with Gasteiger partial charge < -0.3 is 9.22 Å². The summed E-state index contributed by atoms with van der Waals surface area (Å²) in [6.45, 7) is 16.1. The summed E-state index contributed by atoms with van der Waals surface area (Å²) in [6.07, 6.45) is 8.11. The highest BCUT2D eigenvalue weighted by Crippen LogP contribution is 2.60. The maximum atomic E-state index is 11.6. The van der Waals surface area contributed by atoms with Crippen LogP contribution in [0.2, 0.25) is 18.1 Å². The monoisotopic (exact) mass is 366 g/mol. The Morgan fingerprint density at radius 1 is 1.16 bits per heavy atom. The van der Waals surface area contributed by atoms with Gasteiger partial charge in [-0.3, -0.25) is 0 Å². The van der Waals surface area contributed by atoms with Crippen molar-refractivity contribution in [2.24, 2.45) is 28.6 Å². The molecule has 2 saturated carbocycles. The Labute approximate surface area is 157 Å². The number of aldehydes is 1. The van der Waals surface area contributed by atoms with Crippen LogP contribution in [0.25, 0.3) is 0 Å². The van der Waals surface area contributed by atoms with Crippen LogP contribution in [0.5, 0.6) is 0 Å². The lowest BCUT2D eigenvalue weighted by Crippen LogP contribution is -2.49. The van der Waals surface area contributed by atoms with Crippen LogP contribution in [0, 0.1) is 28.6 Å². The van der Waals surface area contributed by atoms with E-state index >= 15 is 0 Å². The van der Waals surface area contributed by atoms with Crippen molar-refractivity contribution in [1.29, 1.82) is 0 Å². The largest absolute Gasteiger partial charge is 0.414 e. The van der Waals surface area contributed by atoms with Crippen molar-refractivity contribution in [2.45, 2.75) is 105 Å². The van der Waals surface area contributed by atoms with E-state index in [1.807, 2.05) is 0 Å². The Kier molecular flexibility index (Phi) is 6.63.